The van der Waals surface area contributed by atoms with Gasteiger partial charge < -0.3 is 9.73 Å². The summed E-state index contributed by atoms with van der Waals surface area (Å²) < 4.78 is 18.6. The van der Waals surface area contributed by atoms with Gasteiger partial charge in [0.2, 0.25) is 0 Å². The third-order valence-corrected chi connectivity index (χ3v) is 5.58. The number of anilines is 1. The molecule has 0 aliphatic rings. The molecule has 6 heteroatoms. The van der Waals surface area contributed by atoms with E-state index >= 15 is 0 Å². The third-order valence-electron chi connectivity index (χ3n) is 4.78. The van der Waals surface area contributed by atoms with Gasteiger partial charge in [0.1, 0.15) is 11.4 Å². The highest BCUT2D eigenvalue weighted by Gasteiger charge is 2.13. The molecule has 0 aliphatic heterocycles. The molecule has 0 spiro atoms. The Morgan fingerprint density at radius 3 is 2.69 bits per heavy atom. The van der Waals surface area contributed by atoms with Crippen molar-refractivity contribution in [3.8, 4) is 11.3 Å². The van der Waals surface area contributed by atoms with E-state index in [1.165, 1.54) is 23.5 Å². The van der Waals surface area contributed by atoms with Crippen LogP contribution in [0.5, 0.6) is 0 Å². The molecule has 0 aliphatic carbocycles. The van der Waals surface area contributed by atoms with Crippen LogP contribution in [-0.2, 0) is 6.54 Å². The largest absolute Gasteiger partial charge is 0.422 e. The molecule has 3 aromatic carbocycles. The fourth-order valence-corrected chi connectivity index (χ4v) is 4.02. The summed E-state index contributed by atoms with van der Waals surface area (Å²) in [5.74, 6) is -0.263. The van der Waals surface area contributed by atoms with Gasteiger partial charge in [0, 0.05) is 17.3 Å². The van der Waals surface area contributed by atoms with Gasteiger partial charge in [-0.1, -0.05) is 42.5 Å². The number of rotatable bonds is 4. The second-order valence-corrected chi connectivity index (χ2v) is 7.52. The minimum absolute atomic E-state index is 0.263. The van der Waals surface area contributed by atoms with E-state index in [1.807, 2.05) is 47.8 Å². The molecule has 2 heterocycles. The van der Waals surface area contributed by atoms with Gasteiger partial charge in [-0.2, -0.15) is 0 Å². The number of nitrogens with zero attached hydrogens (tertiary/aromatic N) is 1. The molecule has 5 rings (SSSR count). The van der Waals surface area contributed by atoms with E-state index in [1.54, 1.807) is 12.1 Å². The summed E-state index contributed by atoms with van der Waals surface area (Å²) in [5, 5.41) is 8.71. The molecule has 5 aromatic rings. The lowest BCUT2D eigenvalue weighted by atomic mass is 10.0. The zero-order chi connectivity index (χ0) is 19.8. The minimum Gasteiger partial charge on any atom is -0.422 e. The van der Waals surface area contributed by atoms with E-state index in [4.69, 9.17) is 4.42 Å². The van der Waals surface area contributed by atoms with Crippen molar-refractivity contribution in [2.75, 3.05) is 5.32 Å². The first-order chi connectivity index (χ1) is 14.2. The van der Waals surface area contributed by atoms with E-state index in [0.717, 1.165) is 21.7 Å². The van der Waals surface area contributed by atoms with Crippen molar-refractivity contribution in [2.24, 2.45) is 0 Å². The quantitative estimate of drug-likeness (QED) is 0.304. The monoisotopic (exact) mass is 402 g/mol. The van der Waals surface area contributed by atoms with Gasteiger partial charge in [-0.15, -0.1) is 11.3 Å². The Kier molecular flexibility index (Phi) is 4.33. The maximum absolute atomic E-state index is 13.0. The Hall–Kier alpha value is -3.51. The lowest BCUT2D eigenvalue weighted by Gasteiger charge is -2.04. The molecule has 2 aromatic heterocycles. The van der Waals surface area contributed by atoms with E-state index in [-0.39, 0.29) is 5.82 Å². The van der Waals surface area contributed by atoms with Crippen LogP contribution in [0.3, 0.4) is 0 Å². The van der Waals surface area contributed by atoms with Crippen LogP contribution in [0.4, 0.5) is 9.52 Å². The predicted molar refractivity (Wildman–Crippen MR) is 115 cm³/mol. The van der Waals surface area contributed by atoms with Gasteiger partial charge in [0.25, 0.3) is 0 Å². The third kappa shape index (κ3) is 3.39. The second kappa shape index (κ2) is 7.14. The number of fused-ring (bicyclic) bond motifs is 3. The summed E-state index contributed by atoms with van der Waals surface area (Å²) in [7, 11) is 0. The maximum Gasteiger partial charge on any atom is 0.345 e. The Labute approximate surface area is 169 Å². The highest BCUT2D eigenvalue weighted by molar-refractivity contribution is 7.14. The van der Waals surface area contributed by atoms with Gasteiger partial charge >= 0.3 is 5.63 Å². The Bertz CT molecular complexity index is 1390. The van der Waals surface area contributed by atoms with Gasteiger partial charge in [-0.3, -0.25) is 0 Å². The second-order valence-electron chi connectivity index (χ2n) is 6.66. The first kappa shape index (κ1) is 17.6. The Morgan fingerprint density at radius 2 is 1.83 bits per heavy atom. The van der Waals surface area contributed by atoms with Crippen LogP contribution in [0.15, 0.2) is 81.3 Å². The number of hydrogen-bond acceptors (Lipinski definition) is 5. The van der Waals surface area contributed by atoms with E-state index in [0.29, 0.717) is 28.5 Å². The highest BCUT2D eigenvalue weighted by Crippen LogP contribution is 2.29. The molecule has 0 unspecified atom stereocenters. The summed E-state index contributed by atoms with van der Waals surface area (Å²) in [4.78, 5) is 17.1. The first-order valence-electron chi connectivity index (χ1n) is 9.07. The molecular formula is C23H15FN2O2S. The standard InChI is InChI=1S/C23H15FN2O2S/c24-16-8-5-14(6-9-16)12-25-23-26-20(13-29-23)19-11-18-17-4-2-1-3-15(17)7-10-21(18)28-22(19)27/h1-11,13H,12H2,(H,25,26). The summed E-state index contributed by atoms with van der Waals surface area (Å²) >= 11 is 1.41. The molecule has 0 fully saturated rings. The van der Waals surface area contributed by atoms with Crippen molar-refractivity contribution in [3.05, 3.63) is 93.9 Å². The van der Waals surface area contributed by atoms with Gasteiger partial charge in [-0.25, -0.2) is 14.2 Å². The molecule has 142 valence electrons. The molecule has 0 atom stereocenters. The van der Waals surface area contributed by atoms with Crippen molar-refractivity contribution in [1.29, 1.82) is 0 Å². The number of halogens is 1. The van der Waals surface area contributed by atoms with Gasteiger partial charge in [0.15, 0.2) is 5.13 Å². The highest BCUT2D eigenvalue weighted by atomic mass is 32.1. The van der Waals surface area contributed by atoms with Crippen molar-refractivity contribution >= 4 is 38.2 Å². The van der Waals surface area contributed by atoms with Crippen LogP contribution >= 0.6 is 11.3 Å². The molecular weight excluding hydrogens is 387 g/mol. The summed E-state index contributed by atoms with van der Waals surface area (Å²) in [6.45, 7) is 0.518. The SMILES string of the molecule is O=c1oc2ccc3ccccc3c2cc1-c1csc(NCc2ccc(F)cc2)n1. The van der Waals surface area contributed by atoms with Crippen LogP contribution in [-0.4, -0.2) is 4.98 Å². The smallest absolute Gasteiger partial charge is 0.345 e. The molecule has 0 saturated heterocycles. The lowest BCUT2D eigenvalue weighted by Crippen LogP contribution is -2.03. The number of nitrogens with one attached hydrogen (secondary N) is 1. The van der Waals surface area contributed by atoms with Gasteiger partial charge in [-0.05, 0) is 40.6 Å². The van der Waals surface area contributed by atoms with Crippen LogP contribution in [0.1, 0.15) is 5.56 Å². The van der Waals surface area contributed by atoms with Crippen molar-refractivity contribution < 1.29 is 8.81 Å². The minimum atomic E-state index is -0.414. The lowest BCUT2D eigenvalue weighted by molar-refractivity contribution is 0.563. The molecule has 29 heavy (non-hydrogen) atoms. The zero-order valence-electron chi connectivity index (χ0n) is 15.2. The van der Waals surface area contributed by atoms with Crippen molar-refractivity contribution in [2.45, 2.75) is 6.54 Å². The molecule has 0 amide bonds. The Morgan fingerprint density at radius 1 is 1.00 bits per heavy atom. The first-order valence-corrected chi connectivity index (χ1v) is 9.95. The fourth-order valence-electron chi connectivity index (χ4n) is 3.31. The molecule has 0 saturated carbocycles. The zero-order valence-corrected chi connectivity index (χ0v) is 16.0. The van der Waals surface area contributed by atoms with Crippen molar-refractivity contribution in [1.82, 2.24) is 4.98 Å². The van der Waals surface area contributed by atoms with E-state index in [9.17, 15) is 9.18 Å². The van der Waals surface area contributed by atoms with Crippen molar-refractivity contribution in [3.63, 3.8) is 0 Å². The maximum atomic E-state index is 13.0. The summed E-state index contributed by atoms with van der Waals surface area (Å²) in [6, 6.07) is 19.9. The fraction of sp³-hybridized carbons (Fsp3) is 0.0435. The number of aromatic nitrogens is 1. The van der Waals surface area contributed by atoms with Crippen LogP contribution in [0.2, 0.25) is 0 Å². The van der Waals surface area contributed by atoms with Crippen LogP contribution in [0.25, 0.3) is 33.0 Å². The predicted octanol–water partition coefficient (Wildman–Crippen LogP) is 5.82. The van der Waals surface area contributed by atoms with E-state index in [2.05, 4.69) is 10.3 Å². The van der Waals surface area contributed by atoms with Crippen LogP contribution in [0, 0.1) is 5.82 Å². The summed E-state index contributed by atoms with van der Waals surface area (Å²) in [5.41, 5.74) is 2.09. The normalized spacial score (nSPS) is 11.2. The molecule has 4 nitrogen and oxygen atoms in total. The molecule has 0 radical (unpaired) electrons. The number of thiazole rings is 1. The average molecular weight is 402 g/mol. The Balaban J connectivity index is 1.49. The molecule has 1 N–H and O–H groups in total. The van der Waals surface area contributed by atoms with Crippen LogP contribution < -0.4 is 10.9 Å². The number of hydrogen-bond donors (Lipinski definition) is 1. The topological polar surface area (TPSA) is 55.1 Å². The summed E-state index contributed by atoms with van der Waals surface area (Å²) in [6.07, 6.45) is 0. The van der Waals surface area contributed by atoms with E-state index < -0.39 is 5.63 Å². The average Bonchev–Trinajstić information content (AvgIpc) is 3.21. The number of benzene rings is 3. The molecule has 0 bridgehead atoms. The van der Waals surface area contributed by atoms with Gasteiger partial charge in [0.05, 0.1) is 11.3 Å².